The van der Waals surface area contributed by atoms with Crippen LogP contribution in [-0.2, 0) is 13.6 Å². The Morgan fingerprint density at radius 3 is 2.87 bits per heavy atom. The molecule has 0 bridgehead atoms. The molecule has 0 amide bonds. The average Bonchev–Trinajstić information content (AvgIpc) is 2.48. The normalized spacial score (nSPS) is 25.6. The van der Waals surface area contributed by atoms with Gasteiger partial charge in [0.2, 0.25) is 0 Å². The number of rotatable bonds is 4. The molecule has 84 valence electrons. The maximum absolute atomic E-state index is 5.96. The monoisotopic (exact) mass is 227 g/mol. The minimum atomic E-state index is 0.429. The van der Waals surface area contributed by atoms with Gasteiger partial charge in [-0.15, -0.1) is 11.6 Å². The van der Waals surface area contributed by atoms with Gasteiger partial charge in [-0.05, 0) is 31.9 Å². The maximum atomic E-state index is 5.96. The highest BCUT2D eigenvalue weighted by atomic mass is 35.5. The first-order valence-corrected chi connectivity index (χ1v) is 5.88. The van der Waals surface area contributed by atoms with E-state index in [4.69, 9.17) is 11.6 Å². The van der Waals surface area contributed by atoms with E-state index in [0.29, 0.717) is 5.38 Å². The van der Waals surface area contributed by atoms with Gasteiger partial charge < -0.3 is 4.90 Å². The SMILES string of the molecule is CN(Cc1ccn(C)n1)CC1CC(Cl)C1. The number of aromatic nitrogens is 2. The average molecular weight is 228 g/mol. The molecule has 1 aliphatic carbocycles. The molecule has 1 aromatic rings. The molecule has 1 aliphatic rings. The van der Waals surface area contributed by atoms with Gasteiger partial charge >= 0.3 is 0 Å². The van der Waals surface area contributed by atoms with Crippen LogP contribution in [-0.4, -0.2) is 33.6 Å². The number of nitrogens with zero attached hydrogens (tertiary/aromatic N) is 3. The zero-order valence-corrected chi connectivity index (χ0v) is 10.1. The molecule has 0 radical (unpaired) electrons. The molecule has 1 aromatic heterocycles. The molecule has 0 saturated heterocycles. The smallest absolute Gasteiger partial charge is 0.0764 e. The van der Waals surface area contributed by atoms with Crippen molar-refractivity contribution in [2.75, 3.05) is 13.6 Å². The molecule has 3 nitrogen and oxygen atoms in total. The third-order valence-electron chi connectivity index (χ3n) is 2.95. The van der Waals surface area contributed by atoms with Crippen LogP contribution in [0.25, 0.3) is 0 Å². The van der Waals surface area contributed by atoms with E-state index in [-0.39, 0.29) is 0 Å². The van der Waals surface area contributed by atoms with E-state index in [1.165, 1.54) is 12.8 Å². The van der Waals surface area contributed by atoms with Crippen molar-refractivity contribution in [1.82, 2.24) is 14.7 Å². The second-order valence-electron chi connectivity index (χ2n) is 4.61. The van der Waals surface area contributed by atoms with Crippen molar-refractivity contribution >= 4 is 11.6 Å². The summed E-state index contributed by atoms with van der Waals surface area (Å²) < 4.78 is 1.85. The van der Waals surface area contributed by atoms with Gasteiger partial charge in [0.05, 0.1) is 5.69 Å². The van der Waals surface area contributed by atoms with Gasteiger partial charge in [0.1, 0.15) is 0 Å². The standard InChI is InChI=1S/C11H18ClN3/c1-14(7-9-5-10(12)6-9)8-11-3-4-15(2)13-11/h3-4,9-10H,5-8H2,1-2H3. The second-order valence-corrected chi connectivity index (χ2v) is 5.23. The first kappa shape index (κ1) is 11.0. The first-order chi connectivity index (χ1) is 7.13. The highest BCUT2D eigenvalue weighted by Crippen LogP contribution is 2.32. The first-order valence-electron chi connectivity index (χ1n) is 5.44. The van der Waals surface area contributed by atoms with E-state index >= 15 is 0 Å². The van der Waals surface area contributed by atoms with Gasteiger partial charge in [0.25, 0.3) is 0 Å². The van der Waals surface area contributed by atoms with Crippen LogP contribution in [0.4, 0.5) is 0 Å². The van der Waals surface area contributed by atoms with E-state index in [1.807, 2.05) is 17.9 Å². The maximum Gasteiger partial charge on any atom is 0.0764 e. The number of aryl methyl sites for hydroxylation is 1. The summed E-state index contributed by atoms with van der Waals surface area (Å²) in [5.74, 6) is 0.793. The van der Waals surface area contributed by atoms with E-state index < -0.39 is 0 Å². The second kappa shape index (κ2) is 4.54. The molecule has 0 aliphatic heterocycles. The zero-order valence-electron chi connectivity index (χ0n) is 9.36. The lowest BCUT2D eigenvalue weighted by atomic mass is 9.84. The Morgan fingerprint density at radius 1 is 1.60 bits per heavy atom. The van der Waals surface area contributed by atoms with Crippen LogP contribution in [0.5, 0.6) is 0 Å². The van der Waals surface area contributed by atoms with Crippen molar-refractivity contribution in [1.29, 1.82) is 0 Å². The molecule has 1 saturated carbocycles. The summed E-state index contributed by atoms with van der Waals surface area (Å²) in [4.78, 5) is 2.33. The Labute approximate surface area is 96.0 Å². The minimum Gasteiger partial charge on any atom is -0.300 e. The summed E-state index contributed by atoms with van der Waals surface area (Å²) in [6.07, 6.45) is 4.34. The van der Waals surface area contributed by atoms with Crippen LogP contribution in [0.15, 0.2) is 12.3 Å². The molecule has 0 N–H and O–H groups in total. The van der Waals surface area contributed by atoms with E-state index in [1.54, 1.807) is 0 Å². The number of halogens is 1. The summed E-state index contributed by atoms with van der Waals surface area (Å²) in [5.41, 5.74) is 1.14. The summed E-state index contributed by atoms with van der Waals surface area (Å²) in [7, 11) is 4.10. The fraction of sp³-hybridized carbons (Fsp3) is 0.727. The molecule has 4 heteroatoms. The van der Waals surface area contributed by atoms with Crippen molar-refractivity contribution in [3.05, 3.63) is 18.0 Å². The van der Waals surface area contributed by atoms with Crippen molar-refractivity contribution in [3.63, 3.8) is 0 Å². The molecular formula is C11H18ClN3. The highest BCUT2D eigenvalue weighted by Gasteiger charge is 2.27. The lowest BCUT2D eigenvalue weighted by Gasteiger charge is -2.33. The predicted molar refractivity (Wildman–Crippen MR) is 61.9 cm³/mol. The number of hydrogen-bond acceptors (Lipinski definition) is 2. The lowest BCUT2D eigenvalue weighted by Crippen LogP contribution is -2.34. The third-order valence-corrected chi connectivity index (χ3v) is 3.31. The topological polar surface area (TPSA) is 21.1 Å². The fourth-order valence-corrected chi connectivity index (χ4v) is 2.64. The van der Waals surface area contributed by atoms with Crippen LogP contribution in [0.2, 0.25) is 0 Å². The quantitative estimate of drug-likeness (QED) is 0.733. The Bertz CT molecular complexity index is 317. The van der Waals surface area contributed by atoms with Gasteiger partial charge in [-0.3, -0.25) is 4.68 Å². The van der Waals surface area contributed by atoms with Crippen LogP contribution < -0.4 is 0 Å². The lowest BCUT2D eigenvalue weighted by molar-refractivity contribution is 0.202. The van der Waals surface area contributed by atoms with Crippen LogP contribution in [0.1, 0.15) is 18.5 Å². The summed E-state index contributed by atoms with van der Waals surface area (Å²) in [6, 6.07) is 2.07. The molecule has 0 aromatic carbocycles. The van der Waals surface area contributed by atoms with E-state index in [9.17, 15) is 0 Å². The van der Waals surface area contributed by atoms with E-state index in [2.05, 4.69) is 23.1 Å². The molecule has 2 rings (SSSR count). The Balaban J connectivity index is 1.75. The number of alkyl halides is 1. The Kier molecular flexibility index (Phi) is 3.32. The van der Waals surface area contributed by atoms with Crippen molar-refractivity contribution in [3.8, 4) is 0 Å². The summed E-state index contributed by atoms with van der Waals surface area (Å²) in [6.45, 7) is 2.07. The molecule has 1 fully saturated rings. The highest BCUT2D eigenvalue weighted by molar-refractivity contribution is 6.21. The molecule has 0 spiro atoms. The Hall–Kier alpha value is -0.540. The largest absolute Gasteiger partial charge is 0.300 e. The summed E-state index contributed by atoms with van der Waals surface area (Å²) in [5, 5.41) is 4.79. The van der Waals surface area contributed by atoms with Gasteiger partial charge in [-0.25, -0.2) is 0 Å². The predicted octanol–water partition coefficient (Wildman–Crippen LogP) is 1.87. The molecule has 1 heterocycles. The minimum absolute atomic E-state index is 0.429. The zero-order chi connectivity index (χ0) is 10.8. The van der Waals surface area contributed by atoms with Crippen molar-refractivity contribution in [2.45, 2.75) is 24.8 Å². The van der Waals surface area contributed by atoms with Crippen LogP contribution >= 0.6 is 11.6 Å². The van der Waals surface area contributed by atoms with Gasteiger partial charge in [0.15, 0.2) is 0 Å². The van der Waals surface area contributed by atoms with Crippen LogP contribution in [0.3, 0.4) is 0 Å². The van der Waals surface area contributed by atoms with Crippen molar-refractivity contribution < 1.29 is 0 Å². The fourth-order valence-electron chi connectivity index (χ4n) is 2.13. The number of hydrogen-bond donors (Lipinski definition) is 0. The van der Waals surface area contributed by atoms with Gasteiger partial charge in [-0.2, -0.15) is 5.10 Å². The molecule has 15 heavy (non-hydrogen) atoms. The molecule has 0 unspecified atom stereocenters. The Morgan fingerprint density at radius 2 is 2.33 bits per heavy atom. The summed E-state index contributed by atoms with van der Waals surface area (Å²) >= 11 is 5.96. The van der Waals surface area contributed by atoms with Crippen molar-refractivity contribution in [2.24, 2.45) is 13.0 Å². The van der Waals surface area contributed by atoms with Gasteiger partial charge in [0, 0.05) is 31.7 Å². The van der Waals surface area contributed by atoms with Crippen LogP contribution in [0, 0.1) is 5.92 Å². The molecule has 0 atom stereocenters. The third kappa shape index (κ3) is 2.95. The molecular weight excluding hydrogens is 210 g/mol. The van der Waals surface area contributed by atoms with Gasteiger partial charge in [-0.1, -0.05) is 0 Å². The van der Waals surface area contributed by atoms with E-state index in [0.717, 1.165) is 24.7 Å².